The summed E-state index contributed by atoms with van der Waals surface area (Å²) in [6, 6.07) is 15.7. The molecular weight excluding hydrogens is 871 g/mol. The fraction of sp³-hybridized carbons (Fsp3) is 0.529. The van der Waals surface area contributed by atoms with Gasteiger partial charge in [-0.15, -0.1) is 0 Å². The van der Waals surface area contributed by atoms with Crippen molar-refractivity contribution in [3.63, 3.8) is 0 Å². The smallest absolute Gasteiger partial charge is 0.407 e. The number of rotatable bonds is 25. The Hall–Kier alpha value is -5.56. The molecule has 0 bridgehead atoms. The third-order valence-electron chi connectivity index (χ3n) is 12.1. The van der Waals surface area contributed by atoms with E-state index in [4.69, 9.17) is 28.1 Å². The average molecular weight is 943 g/mol. The van der Waals surface area contributed by atoms with Crippen LogP contribution in [0.1, 0.15) is 74.9 Å². The molecule has 1 aliphatic carbocycles. The molecule has 1 saturated heterocycles. The lowest BCUT2D eigenvalue weighted by Gasteiger charge is -2.34. The van der Waals surface area contributed by atoms with Gasteiger partial charge in [0.25, 0.3) is 5.91 Å². The summed E-state index contributed by atoms with van der Waals surface area (Å²) in [6.45, 7) is 17.7. The van der Waals surface area contributed by atoms with Gasteiger partial charge in [-0.3, -0.25) is 15.0 Å². The molecule has 68 heavy (non-hydrogen) atoms. The number of hydrogen-bond acceptors (Lipinski definition) is 12. The van der Waals surface area contributed by atoms with Crippen LogP contribution in [0.15, 0.2) is 64.7 Å². The zero-order chi connectivity index (χ0) is 48.6. The maximum Gasteiger partial charge on any atom is 0.407 e. The van der Waals surface area contributed by atoms with E-state index >= 15 is 0 Å². The van der Waals surface area contributed by atoms with Gasteiger partial charge in [0.15, 0.2) is 0 Å². The van der Waals surface area contributed by atoms with Gasteiger partial charge in [0.2, 0.25) is 5.36 Å². The minimum absolute atomic E-state index is 0.0277. The number of fused-ring (bicyclic) bond motifs is 2. The molecule has 17 nitrogen and oxygen atoms in total. The van der Waals surface area contributed by atoms with Crippen LogP contribution in [0.3, 0.4) is 0 Å². The Kier molecular flexibility index (Phi) is 19.6. The normalized spacial score (nSPS) is 18.5. The van der Waals surface area contributed by atoms with Crippen molar-refractivity contribution in [2.24, 2.45) is 0 Å². The van der Waals surface area contributed by atoms with E-state index in [2.05, 4.69) is 66.1 Å². The van der Waals surface area contributed by atoms with Crippen molar-refractivity contribution in [2.45, 2.75) is 91.8 Å². The fourth-order valence-corrected chi connectivity index (χ4v) is 8.44. The molecule has 4 aliphatic rings. The van der Waals surface area contributed by atoms with E-state index < -0.39 is 18.4 Å². The van der Waals surface area contributed by atoms with Crippen LogP contribution in [0.2, 0.25) is 0 Å². The first-order valence-electron chi connectivity index (χ1n) is 24.1. The van der Waals surface area contributed by atoms with Crippen molar-refractivity contribution >= 4 is 34.7 Å². The Labute approximate surface area is 399 Å². The fourth-order valence-electron chi connectivity index (χ4n) is 8.44. The first-order chi connectivity index (χ1) is 32.9. The van der Waals surface area contributed by atoms with Crippen LogP contribution in [-0.2, 0) is 23.7 Å². The van der Waals surface area contributed by atoms with Crippen LogP contribution in [0.25, 0.3) is 33.4 Å². The first-order valence-corrected chi connectivity index (χ1v) is 24.1. The van der Waals surface area contributed by atoms with Crippen LogP contribution in [0.5, 0.6) is 0 Å². The molecule has 0 radical (unpaired) electrons. The summed E-state index contributed by atoms with van der Waals surface area (Å²) in [5.74, 6) is 0.523. The number of nitrogens with zero attached hydrogens (tertiary/aromatic N) is 2. The Morgan fingerprint density at radius 1 is 0.912 bits per heavy atom. The number of alkyl carbamates (subject to hydrolysis) is 1. The van der Waals surface area contributed by atoms with Crippen LogP contribution < -0.4 is 31.6 Å². The molecule has 1 fully saturated rings. The second kappa shape index (κ2) is 25.7. The molecule has 2 aromatic carbocycles. The third-order valence-corrected chi connectivity index (χ3v) is 12.1. The summed E-state index contributed by atoms with van der Waals surface area (Å²) in [7, 11) is 1.71. The standard InChI is InChI=1S/C51H71N7O10/c1-8-43-42(59)31-46(68-43)58-32-35(6)48(56-50(58)61)54-17-13-20-63-23-25-65-26-24-64-21-14-18-55-51(62)66-22-19-57(7)49(60)37-16-12-11-15-36(37)47-38-27-33(4)40(52-9-2)29-44(38)67-45-30-41(53-10-3)34(5)28-39(45)47/h11-12,15-16,27-30,32,42-43,46,48,52,54,59H,8-10,13-14,17-26,31H2,1-7H3,(H,55,62)(H,56,61)/p+1. The van der Waals surface area contributed by atoms with E-state index in [1.165, 1.54) is 4.90 Å². The number of carbonyl (C=O) groups excluding carboxylic acids is 3. The van der Waals surface area contributed by atoms with Crippen molar-refractivity contribution in [3.05, 3.63) is 82.4 Å². The molecule has 3 aliphatic heterocycles. The van der Waals surface area contributed by atoms with E-state index in [-0.39, 0.29) is 37.4 Å². The highest BCUT2D eigenvalue weighted by Gasteiger charge is 2.39. The second-order valence-electron chi connectivity index (χ2n) is 17.2. The number of likely N-dealkylation sites (N-methyl/N-ethyl adjacent to an activating group) is 1. The summed E-state index contributed by atoms with van der Waals surface area (Å²) >= 11 is 0. The van der Waals surface area contributed by atoms with Crippen LogP contribution >= 0.6 is 0 Å². The second-order valence-corrected chi connectivity index (χ2v) is 17.2. The number of nitrogens with one attached hydrogen (secondary N) is 5. The van der Waals surface area contributed by atoms with Crippen molar-refractivity contribution in [1.82, 2.24) is 25.8 Å². The molecule has 0 spiro atoms. The summed E-state index contributed by atoms with van der Waals surface area (Å²) in [4.78, 5) is 45.8. The maximum atomic E-state index is 14.1. The topological polar surface area (TPSA) is 199 Å². The number of aryl methyl sites for hydroxylation is 2. The number of ether oxygens (including phenoxy) is 5. The number of benzene rings is 3. The van der Waals surface area contributed by atoms with Gasteiger partial charge in [-0.05, 0) is 95.3 Å². The first kappa shape index (κ1) is 51.8. The van der Waals surface area contributed by atoms with Gasteiger partial charge < -0.3 is 54.1 Å². The number of urea groups is 1. The Bertz CT molecular complexity index is 2390. The minimum atomic E-state index is -0.570. The van der Waals surface area contributed by atoms with Crippen molar-refractivity contribution in [1.29, 1.82) is 0 Å². The Morgan fingerprint density at radius 3 is 2.34 bits per heavy atom. The largest absolute Gasteiger partial charge is 0.456 e. The van der Waals surface area contributed by atoms with E-state index in [1.807, 2.05) is 50.2 Å². The number of anilines is 1. The zero-order valence-electron chi connectivity index (χ0n) is 40.8. The van der Waals surface area contributed by atoms with Gasteiger partial charge in [0.1, 0.15) is 36.9 Å². The molecule has 6 N–H and O–H groups in total. The van der Waals surface area contributed by atoms with Crippen molar-refractivity contribution in [3.8, 4) is 22.5 Å². The molecule has 0 saturated carbocycles. The molecule has 4 amide bonds. The summed E-state index contributed by atoms with van der Waals surface area (Å²) in [5, 5.41) is 24.6. The maximum absolute atomic E-state index is 14.1. The third kappa shape index (κ3) is 13.6. The summed E-state index contributed by atoms with van der Waals surface area (Å²) < 4.78 is 34.8. The molecule has 4 unspecified atom stereocenters. The van der Waals surface area contributed by atoms with Gasteiger partial charge in [-0.1, -0.05) is 25.1 Å². The van der Waals surface area contributed by atoms with Crippen LogP contribution in [0, 0.1) is 13.8 Å². The average Bonchev–Trinajstić information content (AvgIpc) is 3.71. The van der Waals surface area contributed by atoms with Crippen molar-refractivity contribution in [2.75, 3.05) is 91.3 Å². The highest BCUT2D eigenvalue weighted by molar-refractivity contribution is 6.09. The lowest BCUT2D eigenvalue weighted by molar-refractivity contribution is -0.496. The molecule has 2 aromatic rings. The van der Waals surface area contributed by atoms with Gasteiger partial charge in [0, 0.05) is 85.4 Å². The predicted molar refractivity (Wildman–Crippen MR) is 260 cm³/mol. The molecule has 370 valence electrons. The lowest BCUT2D eigenvalue weighted by atomic mass is 9.89. The van der Waals surface area contributed by atoms with E-state index in [0.717, 1.165) is 69.3 Å². The molecule has 6 rings (SSSR count). The quantitative estimate of drug-likeness (QED) is 0.0399. The zero-order valence-corrected chi connectivity index (χ0v) is 40.8. The molecular formula is C51H72N7O10+. The van der Waals surface area contributed by atoms with Crippen LogP contribution in [0.4, 0.5) is 15.3 Å². The molecule has 0 aromatic heterocycles. The minimum Gasteiger partial charge on any atom is -0.456 e. The summed E-state index contributed by atoms with van der Waals surface area (Å²) in [5.41, 5.74) is 7.96. The van der Waals surface area contributed by atoms with E-state index in [9.17, 15) is 19.5 Å². The van der Waals surface area contributed by atoms with E-state index in [0.29, 0.717) is 88.9 Å². The molecule has 17 heteroatoms. The number of hydrogen-bond donors (Lipinski definition) is 6. The van der Waals surface area contributed by atoms with Gasteiger partial charge in [-0.2, -0.15) is 0 Å². The SMILES string of the molecule is CCNc1cc2oc3cc(=[NH+]CC)c(C)cc-3c(-c3ccccc3C(=O)N(C)CCOC(=O)NCCCOCCOCCOCCCNC3NC(=O)N(C4CC(O)C(CC)O4)C=C3C)c2cc1C. The van der Waals surface area contributed by atoms with Gasteiger partial charge in [0.05, 0.1) is 51.2 Å². The Balaban J connectivity index is 0.845. The van der Waals surface area contributed by atoms with Gasteiger partial charge >= 0.3 is 12.1 Å². The van der Waals surface area contributed by atoms with Crippen LogP contribution in [-0.4, -0.2) is 144 Å². The monoisotopic (exact) mass is 943 g/mol. The number of aliphatic hydroxyl groups is 1. The molecule has 4 atom stereocenters. The van der Waals surface area contributed by atoms with Crippen molar-refractivity contribution < 1.29 is 52.6 Å². The lowest BCUT2D eigenvalue weighted by Crippen LogP contribution is -2.76. The molecule has 3 heterocycles. The van der Waals surface area contributed by atoms with E-state index in [1.54, 1.807) is 18.1 Å². The highest BCUT2D eigenvalue weighted by Crippen LogP contribution is 2.43. The number of amides is 4. The van der Waals surface area contributed by atoms with Gasteiger partial charge in [-0.25, -0.2) is 14.6 Å². The highest BCUT2D eigenvalue weighted by atomic mass is 16.6. The number of carbonyl (C=O) groups is 3. The number of aliphatic hydroxyl groups excluding tert-OH is 1. The Morgan fingerprint density at radius 2 is 1.63 bits per heavy atom. The predicted octanol–water partition coefficient (Wildman–Crippen LogP) is 4.61. The summed E-state index contributed by atoms with van der Waals surface area (Å²) in [6.07, 6.45) is 2.11.